The van der Waals surface area contributed by atoms with Gasteiger partial charge in [-0.3, -0.25) is 4.79 Å². The third kappa shape index (κ3) is 2.05. The number of aromatic amines is 1. The molecule has 0 aliphatic carbocycles. The van der Waals surface area contributed by atoms with E-state index in [0.29, 0.717) is 11.1 Å². The van der Waals surface area contributed by atoms with Crippen LogP contribution in [0.2, 0.25) is 0 Å². The van der Waals surface area contributed by atoms with E-state index in [9.17, 15) is 14.3 Å². The van der Waals surface area contributed by atoms with Crippen molar-refractivity contribution in [2.24, 2.45) is 0 Å². The zero-order valence-electron chi connectivity index (χ0n) is 11.5. The van der Waals surface area contributed by atoms with Gasteiger partial charge in [0.1, 0.15) is 11.6 Å². The van der Waals surface area contributed by atoms with Gasteiger partial charge < -0.3 is 15.8 Å². The van der Waals surface area contributed by atoms with Crippen molar-refractivity contribution in [3.05, 3.63) is 46.0 Å². The van der Waals surface area contributed by atoms with E-state index in [4.69, 9.17) is 5.73 Å². The summed E-state index contributed by atoms with van der Waals surface area (Å²) in [6.45, 7) is 7.24. The van der Waals surface area contributed by atoms with Crippen LogP contribution in [0.5, 0.6) is 0 Å². The molecule has 5 heteroatoms. The van der Waals surface area contributed by atoms with E-state index in [2.05, 4.69) is 11.6 Å². The van der Waals surface area contributed by atoms with Gasteiger partial charge in [0.05, 0.1) is 22.2 Å². The second-order valence-corrected chi connectivity index (χ2v) is 4.90. The number of fused-ring (bicyclic) bond motifs is 1. The van der Waals surface area contributed by atoms with Gasteiger partial charge in [0, 0.05) is 6.20 Å². The first-order valence-corrected chi connectivity index (χ1v) is 6.40. The zero-order valence-corrected chi connectivity index (χ0v) is 11.5. The van der Waals surface area contributed by atoms with Crippen LogP contribution in [-0.4, -0.2) is 10.1 Å². The molecule has 1 aromatic heterocycles. The fourth-order valence-corrected chi connectivity index (χ4v) is 2.24. The summed E-state index contributed by atoms with van der Waals surface area (Å²) in [5.74, 6) is -0.924. The summed E-state index contributed by atoms with van der Waals surface area (Å²) < 4.78 is 14.0. The molecule has 4 N–H and O–H groups in total. The van der Waals surface area contributed by atoms with Crippen LogP contribution < -0.4 is 11.2 Å². The van der Waals surface area contributed by atoms with Crippen molar-refractivity contribution >= 4 is 22.3 Å². The average Bonchev–Trinajstić information content (AvgIpc) is 2.41. The lowest BCUT2D eigenvalue weighted by atomic mass is 9.94. The quantitative estimate of drug-likeness (QED) is 0.594. The number of H-pyrrole nitrogens is 1. The summed E-state index contributed by atoms with van der Waals surface area (Å²) in [4.78, 5) is 15.2. The molecule has 0 bridgehead atoms. The molecule has 0 amide bonds. The van der Waals surface area contributed by atoms with Gasteiger partial charge in [0.25, 0.3) is 0 Å². The lowest BCUT2D eigenvalue weighted by Crippen LogP contribution is -2.14. The molecule has 0 saturated heterocycles. The number of nitrogens with one attached hydrogen (secondary N) is 1. The maximum Gasteiger partial charge on any atom is 0.202 e. The van der Waals surface area contributed by atoms with Gasteiger partial charge in [-0.15, -0.1) is 0 Å². The molecule has 106 valence electrons. The van der Waals surface area contributed by atoms with Crippen LogP contribution in [0, 0.1) is 5.82 Å². The fraction of sp³-hybridized carbons (Fsp3) is 0.267. The Kier molecular flexibility index (Phi) is 3.53. The minimum absolute atomic E-state index is 0.00935. The molecule has 1 heterocycles. The van der Waals surface area contributed by atoms with E-state index in [1.54, 1.807) is 0 Å². The number of anilines is 1. The summed E-state index contributed by atoms with van der Waals surface area (Å²) in [5, 5.41) is 9.46. The summed E-state index contributed by atoms with van der Waals surface area (Å²) >= 11 is 0. The van der Waals surface area contributed by atoms with Gasteiger partial charge >= 0.3 is 0 Å². The number of aliphatic hydroxyl groups excluding tert-OH is 1. The Morgan fingerprint density at radius 2 is 2.25 bits per heavy atom. The third-order valence-electron chi connectivity index (χ3n) is 3.63. The molecule has 1 aromatic carbocycles. The van der Waals surface area contributed by atoms with Crippen LogP contribution in [0.1, 0.15) is 37.3 Å². The Morgan fingerprint density at radius 1 is 1.60 bits per heavy atom. The van der Waals surface area contributed by atoms with Crippen molar-refractivity contribution in [2.45, 2.75) is 26.2 Å². The van der Waals surface area contributed by atoms with E-state index in [0.717, 1.165) is 6.42 Å². The molecule has 0 spiro atoms. The molecular weight excluding hydrogens is 259 g/mol. The maximum atomic E-state index is 14.0. The van der Waals surface area contributed by atoms with Crippen LogP contribution in [0.25, 0.3) is 16.7 Å². The summed E-state index contributed by atoms with van der Waals surface area (Å²) in [7, 11) is 0. The van der Waals surface area contributed by atoms with Gasteiger partial charge in [0.15, 0.2) is 0 Å². The van der Waals surface area contributed by atoms with E-state index in [1.165, 1.54) is 12.3 Å². The first-order chi connectivity index (χ1) is 9.38. The third-order valence-corrected chi connectivity index (χ3v) is 3.63. The Bertz CT molecular complexity index is 750. The number of aliphatic hydroxyl groups is 1. The first-order valence-electron chi connectivity index (χ1n) is 6.40. The van der Waals surface area contributed by atoms with Crippen molar-refractivity contribution in [1.82, 2.24) is 4.98 Å². The maximum absolute atomic E-state index is 14.0. The summed E-state index contributed by atoms with van der Waals surface area (Å²) in [6, 6.07) is 1.36. The molecule has 0 radical (unpaired) electrons. The number of pyridine rings is 1. The molecule has 0 aliphatic heterocycles. The SMILES string of the molecule is C=C(O)c1c[nH]c2c(C(C)CC)cc(F)c(N)c2c1=O. The molecule has 0 saturated carbocycles. The molecule has 0 fully saturated rings. The van der Waals surface area contributed by atoms with Crippen molar-refractivity contribution in [3.8, 4) is 0 Å². The highest BCUT2D eigenvalue weighted by Gasteiger charge is 2.18. The monoisotopic (exact) mass is 276 g/mol. The van der Waals surface area contributed by atoms with Crippen LogP contribution in [0.3, 0.4) is 0 Å². The smallest absolute Gasteiger partial charge is 0.202 e. The van der Waals surface area contributed by atoms with E-state index in [1.807, 2.05) is 13.8 Å². The molecule has 0 aliphatic rings. The Labute approximate surface area is 115 Å². The van der Waals surface area contributed by atoms with Gasteiger partial charge in [-0.05, 0) is 24.0 Å². The molecule has 2 rings (SSSR count). The predicted octanol–water partition coefficient (Wildman–Crippen LogP) is 3.29. The topological polar surface area (TPSA) is 79.1 Å². The predicted molar refractivity (Wildman–Crippen MR) is 79.3 cm³/mol. The first kappa shape index (κ1) is 14.1. The van der Waals surface area contributed by atoms with Crippen LogP contribution in [0.15, 0.2) is 23.6 Å². The second-order valence-electron chi connectivity index (χ2n) is 4.90. The molecule has 1 unspecified atom stereocenters. The number of benzene rings is 1. The largest absolute Gasteiger partial charge is 0.508 e. The number of aromatic nitrogens is 1. The van der Waals surface area contributed by atoms with Gasteiger partial charge in [-0.2, -0.15) is 0 Å². The molecule has 2 aromatic rings. The zero-order chi connectivity index (χ0) is 15.0. The second kappa shape index (κ2) is 5.00. The Morgan fingerprint density at radius 3 is 2.80 bits per heavy atom. The lowest BCUT2D eigenvalue weighted by molar-refractivity contribution is 0.513. The molecule has 20 heavy (non-hydrogen) atoms. The number of halogens is 1. The average molecular weight is 276 g/mol. The van der Waals surface area contributed by atoms with E-state index in [-0.39, 0.29) is 28.3 Å². The Hall–Kier alpha value is -2.30. The van der Waals surface area contributed by atoms with Crippen molar-refractivity contribution < 1.29 is 9.50 Å². The number of nitrogen functional groups attached to an aromatic ring is 1. The minimum atomic E-state index is -0.626. The fourth-order valence-electron chi connectivity index (χ4n) is 2.24. The summed E-state index contributed by atoms with van der Waals surface area (Å²) in [5.41, 5.74) is 6.15. The van der Waals surface area contributed by atoms with Gasteiger partial charge in [-0.1, -0.05) is 20.4 Å². The van der Waals surface area contributed by atoms with E-state index < -0.39 is 11.2 Å². The van der Waals surface area contributed by atoms with Crippen LogP contribution >= 0.6 is 0 Å². The number of hydrogen-bond donors (Lipinski definition) is 3. The molecule has 1 atom stereocenters. The highest BCUT2D eigenvalue weighted by atomic mass is 19.1. The normalized spacial score (nSPS) is 12.6. The highest BCUT2D eigenvalue weighted by Crippen LogP contribution is 2.30. The van der Waals surface area contributed by atoms with Gasteiger partial charge in [0.2, 0.25) is 5.43 Å². The van der Waals surface area contributed by atoms with Crippen molar-refractivity contribution in [3.63, 3.8) is 0 Å². The van der Waals surface area contributed by atoms with Gasteiger partial charge in [-0.25, -0.2) is 4.39 Å². The van der Waals surface area contributed by atoms with Crippen molar-refractivity contribution in [2.75, 3.05) is 5.73 Å². The number of nitrogens with two attached hydrogens (primary N) is 1. The highest BCUT2D eigenvalue weighted by molar-refractivity contribution is 5.94. The van der Waals surface area contributed by atoms with E-state index >= 15 is 0 Å². The van der Waals surface area contributed by atoms with Crippen LogP contribution in [0.4, 0.5) is 10.1 Å². The minimum Gasteiger partial charge on any atom is -0.508 e. The summed E-state index contributed by atoms with van der Waals surface area (Å²) in [6.07, 6.45) is 2.17. The lowest BCUT2D eigenvalue weighted by Gasteiger charge is -2.15. The molecular formula is C15H17FN2O2. The standard InChI is InChI=1S/C15H17FN2O2/c1-4-7(2)9-5-11(16)13(17)12-14(9)18-6-10(8(3)19)15(12)20/h5-7,19H,3-4,17H2,1-2H3,(H,18,20). The van der Waals surface area contributed by atoms with Crippen LogP contribution in [-0.2, 0) is 0 Å². The van der Waals surface area contributed by atoms with Crippen molar-refractivity contribution in [1.29, 1.82) is 0 Å². The number of hydrogen-bond acceptors (Lipinski definition) is 3. The number of rotatable bonds is 3. The Balaban J connectivity index is 2.96. The molecule has 4 nitrogen and oxygen atoms in total.